The number of amides is 2. The lowest BCUT2D eigenvalue weighted by molar-refractivity contribution is -0.136. The van der Waals surface area contributed by atoms with E-state index >= 15 is 0 Å². The van der Waals surface area contributed by atoms with Gasteiger partial charge in [-0.05, 0) is 58.6 Å². The maximum Gasteiger partial charge on any atom is 0.239 e. The van der Waals surface area contributed by atoms with Crippen molar-refractivity contribution in [1.82, 2.24) is 10.2 Å². The highest BCUT2D eigenvalue weighted by molar-refractivity contribution is 5.91. The molecule has 1 heterocycles. The molecule has 1 fully saturated rings. The highest BCUT2D eigenvalue weighted by atomic mass is 16.2. The second kappa shape index (κ2) is 8.99. The van der Waals surface area contributed by atoms with E-state index in [2.05, 4.69) is 17.6 Å². The molecule has 0 saturated carbocycles. The molecule has 0 bridgehead atoms. The van der Waals surface area contributed by atoms with Crippen molar-refractivity contribution in [2.24, 2.45) is 0 Å². The van der Waals surface area contributed by atoms with Gasteiger partial charge in [0, 0.05) is 30.7 Å². The summed E-state index contributed by atoms with van der Waals surface area (Å²) in [6.07, 6.45) is 3.69. The summed E-state index contributed by atoms with van der Waals surface area (Å²) in [5, 5.41) is 6.22. The van der Waals surface area contributed by atoms with Gasteiger partial charge in [0.2, 0.25) is 11.8 Å². The summed E-state index contributed by atoms with van der Waals surface area (Å²) < 4.78 is 0. The fourth-order valence-electron chi connectivity index (χ4n) is 3.42. The molecule has 1 saturated heterocycles. The van der Waals surface area contributed by atoms with Gasteiger partial charge >= 0.3 is 0 Å². The van der Waals surface area contributed by atoms with Gasteiger partial charge in [0.15, 0.2) is 0 Å². The van der Waals surface area contributed by atoms with E-state index in [1.165, 1.54) is 6.42 Å². The van der Waals surface area contributed by atoms with E-state index in [1.807, 2.05) is 49.9 Å². The average molecular weight is 345 g/mol. The van der Waals surface area contributed by atoms with Crippen LogP contribution in [0.1, 0.15) is 52.0 Å². The summed E-state index contributed by atoms with van der Waals surface area (Å²) in [7, 11) is 0. The van der Waals surface area contributed by atoms with E-state index in [0.717, 1.165) is 30.6 Å². The van der Waals surface area contributed by atoms with Crippen molar-refractivity contribution >= 4 is 17.5 Å². The first-order chi connectivity index (χ1) is 11.9. The quantitative estimate of drug-likeness (QED) is 0.833. The zero-order valence-electron chi connectivity index (χ0n) is 15.8. The van der Waals surface area contributed by atoms with Crippen LogP contribution in [0.2, 0.25) is 0 Å². The number of hydrogen-bond acceptors (Lipinski definition) is 3. The number of likely N-dealkylation sites (tertiary alicyclic amines) is 1. The fourth-order valence-corrected chi connectivity index (χ4v) is 3.42. The Bertz CT molecular complexity index is 602. The first-order valence-corrected chi connectivity index (χ1v) is 9.30. The van der Waals surface area contributed by atoms with E-state index < -0.39 is 0 Å². The van der Waals surface area contributed by atoms with Gasteiger partial charge in [-0.2, -0.15) is 0 Å². The lowest BCUT2D eigenvalue weighted by Gasteiger charge is -2.36. The monoisotopic (exact) mass is 345 g/mol. The number of aryl methyl sites for hydroxylation is 1. The van der Waals surface area contributed by atoms with E-state index in [4.69, 9.17) is 0 Å². The topological polar surface area (TPSA) is 61.4 Å². The summed E-state index contributed by atoms with van der Waals surface area (Å²) in [6.45, 7) is 8.76. The minimum absolute atomic E-state index is 0.0414. The molecular weight excluding hydrogens is 314 g/mol. The zero-order chi connectivity index (χ0) is 18.4. The number of carbonyl (C=O) groups excluding carboxylic acids is 2. The third-order valence-electron chi connectivity index (χ3n) is 4.90. The van der Waals surface area contributed by atoms with Gasteiger partial charge in [-0.25, -0.2) is 0 Å². The van der Waals surface area contributed by atoms with E-state index in [0.29, 0.717) is 12.5 Å². The van der Waals surface area contributed by atoms with Crippen LogP contribution in [0.15, 0.2) is 24.3 Å². The van der Waals surface area contributed by atoms with Crippen LogP contribution in [0.4, 0.5) is 5.69 Å². The third-order valence-corrected chi connectivity index (χ3v) is 4.90. The van der Waals surface area contributed by atoms with Gasteiger partial charge in [-0.1, -0.05) is 18.2 Å². The van der Waals surface area contributed by atoms with Crippen molar-refractivity contribution in [1.29, 1.82) is 0 Å². The SMILES string of the molecule is Cc1ccccc1NC(=O)C[C@H](C)N[C@H](C)C(=O)N1CCCC[C@H]1C. The largest absolute Gasteiger partial charge is 0.339 e. The minimum atomic E-state index is -0.276. The van der Waals surface area contributed by atoms with Crippen molar-refractivity contribution in [3.05, 3.63) is 29.8 Å². The Hall–Kier alpha value is -1.88. The molecular formula is C20H31N3O2. The molecule has 1 aliphatic heterocycles. The molecule has 1 aromatic carbocycles. The van der Waals surface area contributed by atoms with Crippen LogP contribution in [0.3, 0.4) is 0 Å². The average Bonchev–Trinajstić information content (AvgIpc) is 2.56. The Kier molecular flexibility index (Phi) is 7.00. The number of hydrogen-bond donors (Lipinski definition) is 2. The van der Waals surface area contributed by atoms with Crippen molar-refractivity contribution in [3.8, 4) is 0 Å². The van der Waals surface area contributed by atoms with Gasteiger partial charge in [0.1, 0.15) is 0 Å². The smallest absolute Gasteiger partial charge is 0.239 e. The van der Waals surface area contributed by atoms with Crippen LogP contribution in [-0.4, -0.2) is 41.4 Å². The number of nitrogens with zero attached hydrogens (tertiary/aromatic N) is 1. The molecule has 0 unspecified atom stereocenters. The minimum Gasteiger partial charge on any atom is -0.339 e. The van der Waals surface area contributed by atoms with Crippen molar-refractivity contribution in [3.63, 3.8) is 0 Å². The molecule has 2 N–H and O–H groups in total. The summed E-state index contributed by atoms with van der Waals surface area (Å²) in [6, 6.07) is 7.69. The zero-order valence-corrected chi connectivity index (χ0v) is 15.8. The molecule has 1 aliphatic rings. The Morgan fingerprint density at radius 2 is 1.96 bits per heavy atom. The van der Waals surface area contributed by atoms with Crippen LogP contribution in [0, 0.1) is 6.92 Å². The molecule has 2 rings (SSSR count). The van der Waals surface area contributed by atoms with Gasteiger partial charge in [-0.3, -0.25) is 9.59 Å². The number of benzene rings is 1. The molecule has 0 radical (unpaired) electrons. The molecule has 0 spiro atoms. The van der Waals surface area contributed by atoms with E-state index in [-0.39, 0.29) is 23.9 Å². The van der Waals surface area contributed by atoms with Gasteiger partial charge < -0.3 is 15.5 Å². The van der Waals surface area contributed by atoms with Crippen LogP contribution in [-0.2, 0) is 9.59 Å². The maximum atomic E-state index is 12.6. The molecule has 138 valence electrons. The van der Waals surface area contributed by atoms with E-state index in [1.54, 1.807) is 0 Å². The lowest BCUT2D eigenvalue weighted by atomic mass is 10.0. The van der Waals surface area contributed by atoms with Crippen molar-refractivity contribution < 1.29 is 9.59 Å². The number of para-hydroxylation sites is 1. The number of rotatable bonds is 6. The Labute approximate surface area is 151 Å². The molecule has 5 heteroatoms. The molecule has 1 aromatic rings. The predicted molar refractivity (Wildman–Crippen MR) is 102 cm³/mol. The number of carbonyl (C=O) groups is 2. The first-order valence-electron chi connectivity index (χ1n) is 9.30. The summed E-state index contributed by atoms with van der Waals surface area (Å²) in [4.78, 5) is 26.8. The second-order valence-electron chi connectivity index (χ2n) is 7.23. The van der Waals surface area contributed by atoms with Crippen LogP contribution in [0.25, 0.3) is 0 Å². The van der Waals surface area contributed by atoms with Crippen molar-refractivity contribution in [2.75, 3.05) is 11.9 Å². The summed E-state index contributed by atoms with van der Waals surface area (Å²) >= 11 is 0. The molecule has 0 aliphatic carbocycles. The standard InChI is InChI=1S/C20H31N3O2/c1-14-9-5-6-11-18(14)22-19(24)13-15(2)21-17(4)20(25)23-12-8-7-10-16(23)3/h5-6,9,11,15-17,21H,7-8,10,12-13H2,1-4H3,(H,22,24)/t15-,16+,17+/m0/s1. The molecule has 3 atom stereocenters. The van der Waals surface area contributed by atoms with Crippen molar-refractivity contribution in [2.45, 2.75) is 71.5 Å². The third kappa shape index (κ3) is 5.56. The Morgan fingerprint density at radius 1 is 1.24 bits per heavy atom. The number of anilines is 1. The van der Waals surface area contributed by atoms with Crippen LogP contribution in [0.5, 0.6) is 0 Å². The van der Waals surface area contributed by atoms with Gasteiger partial charge in [-0.15, -0.1) is 0 Å². The van der Waals surface area contributed by atoms with Crippen LogP contribution >= 0.6 is 0 Å². The highest BCUT2D eigenvalue weighted by Gasteiger charge is 2.27. The fraction of sp³-hybridized carbons (Fsp3) is 0.600. The molecule has 2 amide bonds. The van der Waals surface area contributed by atoms with Gasteiger partial charge in [0.05, 0.1) is 6.04 Å². The second-order valence-corrected chi connectivity index (χ2v) is 7.23. The summed E-state index contributed by atoms with van der Waals surface area (Å²) in [5.74, 6) is 0.0960. The number of nitrogens with one attached hydrogen (secondary N) is 2. The summed E-state index contributed by atoms with van der Waals surface area (Å²) in [5.41, 5.74) is 1.88. The van der Waals surface area contributed by atoms with Crippen LogP contribution < -0.4 is 10.6 Å². The maximum absolute atomic E-state index is 12.6. The Balaban J connectivity index is 1.82. The first kappa shape index (κ1) is 19.4. The lowest BCUT2D eigenvalue weighted by Crippen LogP contribution is -2.52. The molecule has 0 aromatic heterocycles. The molecule has 5 nitrogen and oxygen atoms in total. The normalized spacial score (nSPS) is 20.0. The van der Waals surface area contributed by atoms with E-state index in [9.17, 15) is 9.59 Å². The molecule has 25 heavy (non-hydrogen) atoms. The predicted octanol–water partition coefficient (Wildman–Crippen LogP) is 3.09. The number of piperidine rings is 1. The van der Waals surface area contributed by atoms with Gasteiger partial charge in [0.25, 0.3) is 0 Å². The highest BCUT2D eigenvalue weighted by Crippen LogP contribution is 2.17. The Morgan fingerprint density at radius 3 is 2.64 bits per heavy atom.